The van der Waals surface area contributed by atoms with E-state index in [2.05, 4.69) is 91.9 Å². The van der Waals surface area contributed by atoms with Gasteiger partial charge in [0.2, 0.25) is 0 Å². The largest absolute Gasteiger partial charge is 0.295 e. The lowest BCUT2D eigenvalue weighted by Crippen LogP contribution is -3.04. The third-order valence-corrected chi connectivity index (χ3v) is 5.38. The summed E-state index contributed by atoms with van der Waals surface area (Å²) in [6.07, 6.45) is 1.35. The zero-order valence-electron chi connectivity index (χ0n) is 14.9. The molecule has 1 unspecified atom stereocenters. The minimum atomic E-state index is 0.792. The molecule has 0 aliphatic heterocycles. The first kappa shape index (κ1) is 16.1. The van der Waals surface area contributed by atoms with E-state index in [9.17, 15) is 0 Å². The monoisotopic (exact) mass is 328 g/mol. The molecular formula is C24H26N+. The second-order valence-corrected chi connectivity index (χ2v) is 7.37. The number of benzene rings is 3. The highest BCUT2D eigenvalue weighted by Crippen LogP contribution is 2.46. The van der Waals surface area contributed by atoms with Gasteiger partial charge in [-0.2, -0.15) is 0 Å². The molecule has 0 aromatic heterocycles. The second-order valence-electron chi connectivity index (χ2n) is 7.37. The smallest absolute Gasteiger partial charge is 0.131 e. The highest BCUT2D eigenvalue weighted by molar-refractivity contribution is 5.36. The third-order valence-electron chi connectivity index (χ3n) is 5.38. The maximum atomic E-state index is 2.35. The Bertz CT molecular complexity index is 751. The van der Waals surface area contributed by atoms with Gasteiger partial charge < -0.3 is 0 Å². The van der Waals surface area contributed by atoms with Gasteiger partial charge in [0, 0.05) is 11.1 Å². The third kappa shape index (κ3) is 4.00. The molecule has 126 valence electrons. The zero-order chi connectivity index (χ0) is 17.1. The summed E-state index contributed by atoms with van der Waals surface area (Å²) in [6.45, 7) is 4.37. The van der Waals surface area contributed by atoms with Crippen molar-refractivity contribution in [2.45, 2.75) is 32.4 Å². The van der Waals surface area contributed by atoms with Gasteiger partial charge in [-0.15, -0.1) is 0 Å². The molecule has 25 heavy (non-hydrogen) atoms. The average molecular weight is 328 g/mol. The van der Waals surface area contributed by atoms with Crippen LogP contribution in [0.3, 0.4) is 0 Å². The first-order chi connectivity index (χ1) is 12.3. The summed E-state index contributed by atoms with van der Waals surface area (Å²) in [6, 6.07) is 31.0. The molecule has 0 bridgehead atoms. The Morgan fingerprint density at radius 2 is 1.20 bits per heavy atom. The molecule has 1 heteroatoms. The average Bonchev–Trinajstić information content (AvgIpc) is 3.40. The van der Waals surface area contributed by atoms with Crippen LogP contribution < -0.4 is 4.90 Å². The van der Waals surface area contributed by atoms with Crippen LogP contribution in [-0.2, 0) is 13.1 Å². The van der Waals surface area contributed by atoms with Crippen molar-refractivity contribution in [1.82, 2.24) is 0 Å². The fourth-order valence-corrected chi connectivity index (χ4v) is 3.70. The quantitative estimate of drug-likeness (QED) is 0.667. The Morgan fingerprint density at radius 1 is 0.720 bits per heavy atom. The lowest BCUT2D eigenvalue weighted by molar-refractivity contribution is -0.862. The molecule has 3 aromatic rings. The molecule has 0 heterocycles. The minimum Gasteiger partial charge on any atom is -0.295 e. The van der Waals surface area contributed by atoms with Crippen molar-refractivity contribution in [3.8, 4) is 0 Å². The van der Waals surface area contributed by atoms with Crippen LogP contribution in [0.5, 0.6) is 0 Å². The molecule has 0 spiro atoms. The fourth-order valence-electron chi connectivity index (χ4n) is 3.70. The fraction of sp³-hybridized carbons (Fsp3) is 0.250. The zero-order valence-corrected chi connectivity index (χ0v) is 14.9. The van der Waals surface area contributed by atoms with Crippen LogP contribution in [0.15, 0.2) is 84.9 Å². The number of hydrogen-bond acceptors (Lipinski definition) is 0. The molecule has 1 nitrogen and oxygen atoms in total. The summed E-state index contributed by atoms with van der Waals surface area (Å²) in [5.74, 6) is 1.66. The highest BCUT2D eigenvalue weighted by atomic mass is 15.1. The molecule has 0 radical (unpaired) electrons. The van der Waals surface area contributed by atoms with Crippen LogP contribution in [0.1, 0.15) is 36.0 Å². The Morgan fingerprint density at radius 3 is 1.64 bits per heavy atom. The Labute approximate surface area is 150 Å². The van der Waals surface area contributed by atoms with Crippen molar-refractivity contribution in [3.05, 3.63) is 102 Å². The van der Waals surface area contributed by atoms with Crippen molar-refractivity contribution in [2.75, 3.05) is 0 Å². The Kier molecular flexibility index (Phi) is 4.67. The van der Waals surface area contributed by atoms with Crippen molar-refractivity contribution < 1.29 is 4.90 Å². The van der Waals surface area contributed by atoms with Crippen LogP contribution >= 0.6 is 0 Å². The van der Waals surface area contributed by atoms with Crippen LogP contribution in [0, 0.1) is 5.92 Å². The van der Waals surface area contributed by atoms with E-state index in [1.54, 1.807) is 0 Å². The summed E-state index contributed by atoms with van der Waals surface area (Å²) < 4.78 is 0. The van der Waals surface area contributed by atoms with Gasteiger partial charge in [-0.25, -0.2) is 0 Å². The van der Waals surface area contributed by atoms with Gasteiger partial charge in [-0.3, -0.25) is 4.90 Å². The van der Waals surface area contributed by atoms with Crippen LogP contribution in [0.25, 0.3) is 0 Å². The Balaban J connectivity index is 1.57. The topological polar surface area (TPSA) is 4.44 Å². The molecule has 0 amide bonds. The second kappa shape index (κ2) is 7.25. The number of rotatable bonds is 6. The van der Waals surface area contributed by atoms with Crippen molar-refractivity contribution in [3.63, 3.8) is 0 Å². The van der Waals surface area contributed by atoms with E-state index in [1.165, 1.54) is 33.7 Å². The summed E-state index contributed by atoms with van der Waals surface area (Å²) in [5.41, 5.74) is 5.65. The predicted octanol–water partition coefficient (Wildman–Crippen LogP) is 4.73. The molecule has 4 rings (SSSR count). The molecule has 1 N–H and O–H groups in total. The van der Waals surface area contributed by atoms with Crippen LogP contribution in [0.2, 0.25) is 0 Å². The number of nitrogens with one attached hydrogen (secondary N) is 1. The predicted molar refractivity (Wildman–Crippen MR) is 104 cm³/mol. The van der Waals surface area contributed by atoms with Crippen molar-refractivity contribution >= 4 is 5.69 Å². The van der Waals surface area contributed by atoms with E-state index in [1.807, 2.05) is 0 Å². The standard InChI is InChI=1S/C24H25N/c1-19-16-24(19)22-12-14-23(15-13-22)25(17-20-8-4-2-5-9-20)18-21-10-6-3-7-11-21/h2-15,19,24H,16-18H2,1H3/p+1/t19?,24-/m0/s1. The maximum Gasteiger partial charge on any atom is 0.131 e. The van der Waals surface area contributed by atoms with E-state index < -0.39 is 0 Å². The van der Waals surface area contributed by atoms with E-state index in [-0.39, 0.29) is 0 Å². The molecule has 3 aromatic carbocycles. The first-order valence-corrected chi connectivity index (χ1v) is 9.32. The van der Waals surface area contributed by atoms with Gasteiger partial charge in [-0.1, -0.05) is 79.7 Å². The van der Waals surface area contributed by atoms with Crippen LogP contribution in [0.4, 0.5) is 5.69 Å². The van der Waals surface area contributed by atoms with Crippen molar-refractivity contribution in [2.24, 2.45) is 5.92 Å². The molecule has 1 saturated carbocycles. The van der Waals surface area contributed by atoms with Gasteiger partial charge in [0.1, 0.15) is 18.8 Å². The molecule has 1 aliphatic carbocycles. The molecule has 1 fully saturated rings. The highest BCUT2D eigenvalue weighted by Gasteiger charge is 2.33. The SMILES string of the molecule is CC1C[C@@H]1c1ccc([NH+](Cc2ccccc2)Cc2ccccc2)cc1. The first-order valence-electron chi connectivity index (χ1n) is 9.32. The molecule has 1 aliphatic rings. The van der Waals surface area contributed by atoms with Gasteiger partial charge in [0.15, 0.2) is 0 Å². The Hall–Kier alpha value is -2.38. The summed E-state index contributed by atoms with van der Waals surface area (Å²) in [7, 11) is 0. The van der Waals surface area contributed by atoms with E-state index in [0.29, 0.717) is 0 Å². The molecule has 2 atom stereocenters. The van der Waals surface area contributed by atoms with Gasteiger partial charge in [0.25, 0.3) is 0 Å². The van der Waals surface area contributed by atoms with Gasteiger partial charge in [0.05, 0.1) is 0 Å². The van der Waals surface area contributed by atoms with E-state index in [0.717, 1.165) is 24.9 Å². The number of hydrogen-bond donors (Lipinski definition) is 1. The number of quaternary nitrogens is 1. The maximum absolute atomic E-state index is 2.35. The van der Waals surface area contributed by atoms with E-state index >= 15 is 0 Å². The molecule has 0 saturated heterocycles. The van der Waals surface area contributed by atoms with Crippen molar-refractivity contribution in [1.29, 1.82) is 0 Å². The summed E-state index contributed by atoms with van der Waals surface area (Å²) >= 11 is 0. The lowest BCUT2D eigenvalue weighted by atomic mass is 10.1. The van der Waals surface area contributed by atoms with Gasteiger partial charge in [-0.05, 0) is 36.0 Å². The molecular weight excluding hydrogens is 302 g/mol. The normalized spacial score (nSPS) is 19.1. The summed E-state index contributed by atoms with van der Waals surface area (Å²) in [5, 5.41) is 0. The van der Waals surface area contributed by atoms with Crippen LogP contribution in [-0.4, -0.2) is 0 Å². The minimum absolute atomic E-state index is 0.792. The summed E-state index contributed by atoms with van der Waals surface area (Å²) in [4.78, 5) is 1.49. The van der Waals surface area contributed by atoms with Gasteiger partial charge >= 0.3 is 0 Å². The lowest BCUT2D eigenvalue weighted by Gasteiger charge is -2.20. The van der Waals surface area contributed by atoms with E-state index in [4.69, 9.17) is 0 Å².